The minimum Gasteiger partial charge on any atom is -0.381 e. The van der Waals surface area contributed by atoms with Gasteiger partial charge >= 0.3 is 0 Å². The van der Waals surface area contributed by atoms with E-state index >= 15 is 0 Å². The normalized spacial score (nSPS) is 27.6. The molecule has 1 saturated heterocycles. The number of nitrogens with two attached hydrogens (primary N) is 1. The molecule has 1 saturated carbocycles. The molecule has 0 spiro atoms. The SMILES string of the molecule is CN(CC1(N)CCC1)C1CCOCC1. The predicted octanol–water partition coefficient (Wildman–Crippen LogP) is 0.979. The van der Waals surface area contributed by atoms with E-state index in [-0.39, 0.29) is 5.54 Å². The van der Waals surface area contributed by atoms with Gasteiger partial charge in [-0.2, -0.15) is 0 Å². The first-order valence-corrected chi connectivity index (χ1v) is 5.76. The van der Waals surface area contributed by atoms with Gasteiger partial charge < -0.3 is 15.4 Å². The minimum atomic E-state index is 0.132. The molecule has 1 aliphatic heterocycles. The first-order valence-electron chi connectivity index (χ1n) is 5.76. The van der Waals surface area contributed by atoms with Crippen LogP contribution in [0.4, 0.5) is 0 Å². The summed E-state index contributed by atoms with van der Waals surface area (Å²) < 4.78 is 5.36. The van der Waals surface area contributed by atoms with E-state index in [0.29, 0.717) is 6.04 Å². The Kier molecular flexibility index (Phi) is 3.10. The van der Waals surface area contributed by atoms with E-state index in [1.807, 2.05) is 0 Å². The smallest absolute Gasteiger partial charge is 0.0480 e. The summed E-state index contributed by atoms with van der Waals surface area (Å²) in [6, 6.07) is 0.699. The first kappa shape index (κ1) is 10.4. The molecule has 2 fully saturated rings. The highest BCUT2D eigenvalue weighted by molar-refractivity contribution is 4.95. The molecule has 0 radical (unpaired) electrons. The van der Waals surface area contributed by atoms with Gasteiger partial charge in [0.25, 0.3) is 0 Å². The number of ether oxygens (including phenoxy) is 1. The van der Waals surface area contributed by atoms with Gasteiger partial charge in [0, 0.05) is 31.3 Å². The summed E-state index contributed by atoms with van der Waals surface area (Å²) in [6.07, 6.45) is 6.08. The topological polar surface area (TPSA) is 38.5 Å². The number of nitrogens with zero attached hydrogens (tertiary/aromatic N) is 1. The quantitative estimate of drug-likeness (QED) is 0.734. The molecule has 3 nitrogen and oxygen atoms in total. The van der Waals surface area contributed by atoms with Crippen LogP contribution in [0.25, 0.3) is 0 Å². The van der Waals surface area contributed by atoms with E-state index in [1.165, 1.54) is 32.1 Å². The Bertz CT molecular complexity index is 186. The van der Waals surface area contributed by atoms with Gasteiger partial charge in [-0.15, -0.1) is 0 Å². The predicted molar refractivity (Wildman–Crippen MR) is 57.2 cm³/mol. The molecule has 0 aromatic heterocycles. The molecule has 2 rings (SSSR count). The maximum absolute atomic E-state index is 6.24. The lowest BCUT2D eigenvalue weighted by Crippen LogP contribution is -2.56. The lowest BCUT2D eigenvalue weighted by molar-refractivity contribution is 0.0289. The van der Waals surface area contributed by atoms with Crippen molar-refractivity contribution in [2.45, 2.75) is 43.7 Å². The van der Waals surface area contributed by atoms with E-state index in [1.54, 1.807) is 0 Å². The first-order chi connectivity index (χ1) is 6.70. The second kappa shape index (κ2) is 4.17. The Hall–Kier alpha value is -0.120. The molecule has 0 amide bonds. The van der Waals surface area contributed by atoms with Crippen LogP contribution in [0, 0.1) is 0 Å². The fourth-order valence-corrected chi connectivity index (χ4v) is 2.54. The highest BCUT2D eigenvalue weighted by atomic mass is 16.5. The molecule has 1 heterocycles. The van der Waals surface area contributed by atoms with Crippen molar-refractivity contribution < 1.29 is 4.74 Å². The van der Waals surface area contributed by atoms with Gasteiger partial charge in [0.15, 0.2) is 0 Å². The summed E-state index contributed by atoms with van der Waals surface area (Å²) in [4.78, 5) is 2.45. The van der Waals surface area contributed by atoms with Crippen LogP contribution < -0.4 is 5.73 Å². The third kappa shape index (κ3) is 2.27. The van der Waals surface area contributed by atoms with Crippen LogP contribution in [0.3, 0.4) is 0 Å². The third-order valence-corrected chi connectivity index (χ3v) is 3.73. The lowest BCUT2D eigenvalue weighted by Gasteiger charge is -2.43. The van der Waals surface area contributed by atoms with Crippen molar-refractivity contribution in [3.8, 4) is 0 Å². The largest absolute Gasteiger partial charge is 0.381 e. The average molecular weight is 198 g/mol. The second-order valence-electron chi connectivity index (χ2n) is 4.97. The third-order valence-electron chi connectivity index (χ3n) is 3.73. The Morgan fingerprint density at radius 1 is 1.36 bits per heavy atom. The molecule has 82 valence electrons. The summed E-state index contributed by atoms with van der Waals surface area (Å²) in [5, 5.41) is 0. The summed E-state index contributed by atoms with van der Waals surface area (Å²) in [5.41, 5.74) is 6.37. The van der Waals surface area contributed by atoms with Gasteiger partial charge in [0.1, 0.15) is 0 Å². The molecule has 0 bridgehead atoms. The van der Waals surface area contributed by atoms with E-state index < -0.39 is 0 Å². The molecule has 0 atom stereocenters. The zero-order valence-corrected chi connectivity index (χ0v) is 9.17. The highest BCUT2D eigenvalue weighted by Gasteiger charge is 2.35. The Labute approximate surface area is 86.6 Å². The van der Waals surface area contributed by atoms with Crippen molar-refractivity contribution >= 4 is 0 Å². The van der Waals surface area contributed by atoms with Crippen LogP contribution in [-0.2, 0) is 4.74 Å². The van der Waals surface area contributed by atoms with Crippen molar-refractivity contribution in [1.82, 2.24) is 4.90 Å². The van der Waals surface area contributed by atoms with E-state index in [9.17, 15) is 0 Å². The summed E-state index contributed by atoms with van der Waals surface area (Å²) in [5.74, 6) is 0. The van der Waals surface area contributed by atoms with Crippen molar-refractivity contribution in [1.29, 1.82) is 0 Å². The minimum absolute atomic E-state index is 0.132. The molecule has 2 aliphatic rings. The van der Waals surface area contributed by atoms with Crippen LogP contribution in [0.1, 0.15) is 32.1 Å². The van der Waals surface area contributed by atoms with Crippen LogP contribution in [0.5, 0.6) is 0 Å². The average Bonchev–Trinajstić information content (AvgIpc) is 2.17. The molecular weight excluding hydrogens is 176 g/mol. The maximum atomic E-state index is 6.24. The van der Waals surface area contributed by atoms with Gasteiger partial charge in [-0.05, 0) is 39.2 Å². The number of likely N-dealkylation sites (N-methyl/N-ethyl adjacent to an activating group) is 1. The summed E-state index contributed by atoms with van der Waals surface area (Å²) >= 11 is 0. The molecule has 2 N–H and O–H groups in total. The van der Waals surface area contributed by atoms with Gasteiger partial charge in [-0.1, -0.05) is 0 Å². The van der Waals surface area contributed by atoms with Crippen LogP contribution in [0.15, 0.2) is 0 Å². The molecular formula is C11H22N2O. The molecule has 14 heavy (non-hydrogen) atoms. The molecule has 0 aromatic carbocycles. The van der Waals surface area contributed by atoms with Crippen molar-refractivity contribution in [2.24, 2.45) is 5.73 Å². The molecule has 1 aliphatic carbocycles. The number of hydrogen-bond donors (Lipinski definition) is 1. The number of rotatable bonds is 3. The van der Waals surface area contributed by atoms with Crippen molar-refractivity contribution in [3.05, 3.63) is 0 Å². The van der Waals surface area contributed by atoms with Gasteiger partial charge in [-0.3, -0.25) is 0 Å². The molecule has 0 aromatic rings. The standard InChI is InChI=1S/C11H22N2O/c1-13(9-11(12)5-2-6-11)10-3-7-14-8-4-10/h10H,2-9,12H2,1H3. The monoisotopic (exact) mass is 198 g/mol. The Morgan fingerprint density at radius 2 is 2.00 bits per heavy atom. The Morgan fingerprint density at radius 3 is 2.50 bits per heavy atom. The van der Waals surface area contributed by atoms with E-state index in [2.05, 4.69) is 11.9 Å². The van der Waals surface area contributed by atoms with Crippen LogP contribution in [-0.4, -0.2) is 43.3 Å². The van der Waals surface area contributed by atoms with Gasteiger partial charge in [0.2, 0.25) is 0 Å². The zero-order chi connectivity index (χ0) is 10.0. The Balaban J connectivity index is 1.78. The van der Waals surface area contributed by atoms with Gasteiger partial charge in [0.05, 0.1) is 0 Å². The van der Waals surface area contributed by atoms with Crippen molar-refractivity contribution in [2.75, 3.05) is 26.8 Å². The van der Waals surface area contributed by atoms with Crippen LogP contribution in [0.2, 0.25) is 0 Å². The summed E-state index contributed by atoms with van der Waals surface area (Å²) in [7, 11) is 2.21. The van der Waals surface area contributed by atoms with Crippen molar-refractivity contribution in [3.63, 3.8) is 0 Å². The van der Waals surface area contributed by atoms with E-state index in [0.717, 1.165) is 19.8 Å². The fourth-order valence-electron chi connectivity index (χ4n) is 2.54. The second-order valence-corrected chi connectivity index (χ2v) is 4.97. The molecule has 0 unspecified atom stereocenters. The van der Waals surface area contributed by atoms with Crippen LogP contribution >= 0.6 is 0 Å². The molecule has 3 heteroatoms. The maximum Gasteiger partial charge on any atom is 0.0480 e. The highest BCUT2D eigenvalue weighted by Crippen LogP contribution is 2.30. The fraction of sp³-hybridized carbons (Fsp3) is 1.00. The van der Waals surface area contributed by atoms with E-state index in [4.69, 9.17) is 10.5 Å². The summed E-state index contributed by atoms with van der Waals surface area (Å²) in [6.45, 7) is 2.91. The number of hydrogen-bond acceptors (Lipinski definition) is 3. The lowest BCUT2D eigenvalue weighted by atomic mass is 9.77. The zero-order valence-electron chi connectivity index (χ0n) is 9.17. The van der Waals surface area contributed by atoms with Gasteiger partial charge in [-0.25, -0.2) is 0 Å².